The number of hydrogen-bond acceptors (Lipinski definition) is 3. The maximum atomic E-state index is 10.4. The summed E-state index contributed by atoms with van der Waals surface area (Å²) < 4.78 is 0. The van der Waals surface area contributed by atoms with Crippen LogP contribution >= 0.6 is 0 Å². The molecular weight excluding hydrogens is 106 g/mol. The van der Waals surface area contributed by atoms with Gasteiger partial charge in [0, 0.05) is 6.54 Å². The van der Waals surface area contributed by atoms with Crippen molar-refractivity contribution in [1.82, 2.24) is 0 Å². The third-order valence-electron chi connectivity index (χ3n) is 1.08. The number of carbonyl (C=O) groups excluding carboxylic acids is 1. The largest absolute Gasteiger partial charge is 0.396 e. The van der Waals surface area contributed by atoms with Gasteiger partial charge in [-0.05, 0) is 6.92 Å². The van der Waals surface area contributed by atoms with Crippen molar-refractivity contribution in [3.63, 3.8) is 0 Å². The van der Waals surface area contributed by atoms with Crippen LogP contribution in [0.25, 0.3) is 0 Å². The lowest BCUT2D eigenvalue weighted by Crippen LogP contribution is -2.24. The van der Waals surface area contributed by atoms with Crippen molar-refractivity contribution < 1.29 is 9.90 Å². The van der Waals surface area contributed by atoms with Gasteiger partial charge in [-0.3, -0.25) is 4.79 Å². The number of rotatable bonds is 3. The molecule has 3 heteroatoms. The summed E-state index contributed by atoms with van der Waals surface area (Å²) in [6.45, 7) is 1.53. The van der Waals surface area contributed by atoms with Crippen LogP contribution in [0.3, 0.4) is 0 Å². The summed E-state index contributed by atoms with van der Waals surface area (Å²) in [5.74, 6) is -0.398. The lowest BCUT2D eigenvalue weighted by atomic mass is 10.1. The van der Waals surface area contributed by atoms with Gasteiger partial charge in [-0.1, -0.05) is 0 Å². The first-order valence-corrected chi connectivity index (χ1v) is 2.53. The Balaban J connectivity index is 3.52. The van der Waals surface area contributed by atoms with E-state index in [1.807, 2.05) is 0 Å². The number of aliphatic hydroxyl groups excluding tert-OH is 1. The van der Waals surface area contributed by atoms with E-state index in [4.69, 9.17) is 10.8 Å². The van der Waals surface area contributed by atoms with Crippen molar-refractivity contribution >= 4 is 5.78 Å². The molecule has 0 aromatic heterocycles. The Hall–Kier alpha value is -0.410. The molecule has 0 heterocycles. The monoisotopic (exact) mass is 117 g/mol. The zero-order valence-corrected chi connectivity index (χ0v) is 4.92. The molecule has 0 saturated carbocycles. The number of carbonyl (C=O) groups is 1. The van der Waals surface area contributed by atoms with Crippen molar-refractivity contribution in [2.75, 3.05) is 13.2 Å². The molecule has 0 aliphatic rings. The number of Topliss-reactive ketones (excluding diaryl/α,β-unsaturated/α-hetero) is 1. The van der Waals surface area contributed by atoms with Crippen LogP contribution < -0.4 is 5.73 Å². The molecule has 1 atom stereocenters. The second-order valence-corrected chi connectivity index (χ2v) is 1.73. The van der Waals surface area contributed by atoms with Crippen LogP contribution in [0.1, 0.15) is 6.92 Å². The van der Waals surface area contributed by atoms with Crippen LogP contribution in [-0.4, -0.2) is 24.0 Å². The predicted molar refractivity (Wildman–Crippen MR) is 30.3 cm³/mol. The first-order chi connectivity index (χ1) is 3.72. The smallest absolute Gasteiger partial charge is 0.136 e. The first-order valence-electron chi connectivity index (χ1n) is 2.53. The van der Waals surface area contributed by atoms with Gasteiger partial charge in [-0.15, -0.1) is 0 Å². The van der Waals surface area contributed by atoms with Crippen LogP contribution in [0.4, 0.5) is 0 Å². The number of hydrogen-bond donors (Lipinski definition) is 2. The molecule has 0 radical (unpaired) electrons. The minimum atomic E-state index is -0.352. The van der Waals surface area contributed by atoms with E-state index < -0.39 is 0 Å². The molecule has 0 rings (SSSR count). The summed E-state index contributed by atoms with van der Waals surface area (Å²) >= 11 is 0. The molecule has 0 spiro atoms. The molecular formula is C5H11NO2. The molecule has 0 saturated heterocycles. The minimum absolute atomic E-state index is 0.0463. The third-order valence-corrected chi connectivity index (χ3v) is 1.08. The summed E-state index contributed by atoms with van der Waals surface area (Å²) in [5, 5.41) is 8.40. The zero-order valence-electron chi connectivity index (χ0n) is 4.92. The molecule has 48 valence electrons. The molecule has 3 N–H and O–H groups in total. The summed E-state index contributed by atoms with van der Waals surface area (Å²) in [6.07, 6.45) is 0. The predicted octanol–water partition coefficient (Wildman–Crippen LogP) is -0.857. The highest BCUT2D eigenvalue weighted by atomic mass is 16.3. The van der Waals surface area contributed by atoms with Crippen LogP contribution in [0.2, 0.25) is 0 Å². The number of ketones is 1. The van der Waals surface area contributed by atoms with Crippen molar-refractivity contribution in [2.45, 2.75) is 6.92 Å². The lowest BCUT2D eigenvalue weighted by Gasteiger charge is -2.03. The van der Waals surface area contributed by atoms with E-state index in [-0.39, 0.29) is 24.9 Å². The van der Waals surface area contributed by atoms with E-state index in [0.717, 1.165) is 0 Å². The molecule has 0 amide bonds. The topological polar surface area (TPSA) is 63.3 Å². The molecule has 0 bridgehead atoms. The maximum absolute atomic E-state index is 10.4. The quantitative estimate of drug-likeness (QED) is 0.505. The van der Waals surface area contributed by atoms with Gasteiger partial charge in [0.15, 0.2) is 0 Å². The van der Waals surface area contributed by atoms with Gasteiger partial charge in [0.1, 0.15) is 5.78 Å². The fraction of sp³-hybridized carbons (Fsp3) is 0.800. The van der Waals surface area contributed by atoms with Gasteiger partial charge in [0.2, 0.25) is 0 Å². The standard InChI is InChI=1S/C5H11NO2/c1-4(8)5(2-6)3-7/h5,7H,2-3,6H2,1H3. The van der Waals surface area contributed by atoms with Gasteiger partial charge in [0.05, 0.1) is 12.5 Å². The Morgan fingerprint density at radius 3 is 2.38 bits per heavy atom. The van der Waals surface area contributed by atoms with Gasteiger partial charge in [-0.25, -0.2) is 0 Å². The Kier molecular flexibility index (Phi) is 3.39. The second-order valence-electron chi connectivity index (χ2n) is 1.73. The summed E-state index contributed by atoms with van der Waals surface area (Å²) in [4.78, 5) is 10.4. The van der Waals surface area contributed by atoms with E-state index in [2.05, 4.69) is 0 Å². The summed E-state index contributed by atoms with van der Waals surface area (Å²) in [7, 11) is 0. The number of nitrogens with two attached hydrogens (primary N) is 1. The van der Waals surface area contributed by atoms with Gasteiger partial charge >= 0.3 is 0 Å². The second kappa shape index (κ2) is 3.57. The lowest BCUT2D eigenvalue weighted by molar-refractivity contribution is -0.121. The normalized spacial score (nSPS) is 13.4. The molecule has 0 aliphatic carbocycles. The van der Waals surface area contributed by atoms with E-state index in [1.54, 1.807) is 0 Å². The van der Waals surface area contributed by atoms with Crippen molar-refractivity contribution in [3.05, 3.63) is 0 Å². The van der Waals surface area contributed by atoms with E-state index in [1.165, 1.54) is 6.92 Å². The van der Waals surface area contributed by atoms with Crippen molar-refractivity contribution in [2.24, 2.45) is 11.7 Å². The molecule has 0 fully saturated rings. The van der Waals surface area contributed by atoms with Crippen molar-refractivity contribution in [1.29, 1.82) is 0 Å². The highest BCUT2D eigenvalue weighted by molar-refractivity contribution is 5.78. The fourth-order valence-corrected chi connectivity index (χ4v) is 0.369. The maximum Gasteiger partial charge on any atom is 0.136 e. The molecule has 0 aliphatic heterocycles. The van der Waals surface area contributed by atoms with Crippen LogP contribution in [0, 0.1) is 5.92 Å². The molecule has 0 aromatic carbocycles. The van der Waals surface area contributed by atoms with Crippen LogP contribution in [-0.2, 0) is 4.79 Å². The SMILES string of the molecule is CC(=O)C(CN)CO. The highest BCUT2D eigenvalue weighted by Gasteiger charge is 2.08. The van der Waals surface area contributed by atoms with Crippen LogP contribution in [0.5, 0.6) is 0 Å². The van der Waals surface area contributed by atoms with Gasteiger partial charge in [0.25, 0.3) is 0 Å². The summed E-state index contributed by atoms with van der Waals surface area (Å²) in [5.41, 5.74) is 5.10. The molecule has 8 heavy (non-hydrogen) atoms. The zero-order chi connectivity index (χ0) is 6.57. The molecule has 1 unspecified atom stereocenters. The van der Waals surface area contributed by atoms with E-state index in [9.17, 15) is 4.79 Å². The van der Waals surface area contributed by atoms with Crippen molar-refractivity contribution in [3.8, 4) is 0 Å². The fourth-order valence-electron chi connectivity index (χ4n) is 0.369. The average Bonchev–Trinajstić information content (AvgIpc) is 1.69. The van der Waals surface area contributed by atoms with Crippen LogP contribution in [0.15, 0.2) is 0 Å². The number of aliphatic hydroxyl groups is 1. The highest BCUT2D eigenvalue weighted by Crippen LogP contribution is 1.91. The average molecular weight is 117 g/mol. The van der Waals surface area contributed by atoms with E-state index in [0.29, 0.717) is 0 Å². The third kappa shape index (κ3) is 2.04. The first kappa shape index (κ1) is 7.59. The minimum Gasteiger partial charge on any atom is -0.396 e. The summed E-state index contributed by atoms with van der Waals surface area (Å²) in [6, 6.07) is 0. The Bertz CT molecular complexity index is 78.5. The molecule has 0 aromatic rings. The Morgan fingerprint density at radius 2 is 2.38 bits per heavy atom. The van der Waals surface area contributed by atoms with E-state index >= 15 is 0 Å². The Morgan fingerprint density at radius 1 is 1.88 bits per heavy atom. The molecule has 3 nitrogen and oxygen atoms in total. The van der Waals surface area contributed by atoms with Gasteiger partial charge in [-0.2, -0.15) is 0 Å². The Labute approximate surface area is 48.5 Å². The van der Waals surface area contributed by atoms with Gasteiger partial charge < -0.3 is 10.8 Å².